The molecule has 0 aliphatic heterocycles. The summed E-state index contributed by atoms with van der Waals surface area (Å²) in [6.45, 7) is 7.96. The van der Waals surface area contributed by atoms with Gasteiger partial charge >= 0.3 is 0 Å². The maximum absolute atomic E-state index is 13.2. The summed E-state index contributed by atoms with van der Waals surface area (Å²) in [5, 5.41) is 6.12. The van der Waals surface area contributed by atoms with Crippen LogP contribution in [0.4, 0.5) is 0 Å². The highest BCUT2D eigenvalue weighted by atomic mass is 16.2. The van der Waals surface area contributed by atoms with Crippen molar-refractivity contribution >= 4 is 17.5 Å². The third-order valence-corrected chi connectivity index (χ3v) is 8.70. The van der Waals surface area contributed by atoms with Crippen LogP contribution >= 0.6 is 0 Å². The molecule has 0 saturated heterocycles. The van der Waals surface area contributed by atoms with Gasteiger partial charge in [0.25, 0.3) is 11.8 Å². The quantitative estimate of drug-likeness (QED) is 0.515. The first-order valence-corrected chi connectivity index (χ1v) is 12.5. The van der Waals surface area contributed by atoms with Crippen LogP contribution in [0.5, 0.6) is 0 Å². The van der Waals surface area contributed by atoms with E-state index < -0.39 is 0 Å². The van der Waals surface area contributed by atoms with E-state index in [4.69, 9.17) is 0 Å². The Morgan fingerprint density at radius 2 is 1.94 bits per heavy atom. The molecule has 4 unspecified atom stereocenters. The van der Waals surface area contributed by atoms with Gasteiger partial charge in [-0.1, -0.05) is 25.1 Å². The third kappa shape index (κ3) is 3.83. The van der Waals surface area contributed by atoms with Crippen LogP contribution in [0, 0.1) is 22.7 Å². The van der Waals surface area contributed by atoms with Crippen molar-refractivity contribution in [2.45, 2.75) is 39.0 Å². The lowest BCUT2D eigenvalue weighted by molar-refractivity contribution is 0.0896. The monoisotopic (exact) mass is 469 g/mol. The second-order valence-electron chi connectivity index (χ2n) is 11.0. The van der Waals surface area contributed by atoms with Crippen molar-refractivity contribution < 1.29 is 9.59 Å². The Balaban J connectivity index is 1.12. The Morgan fingerprint density at radius 1 is 1.11 bits per heavy atom. The molecular weight excluding hydrogens is 438 g/mol. The third-order valence-electron chi connectivity index (χ3n) is 8.70. The number of allylic oxidation sites excluding steroid dienone is 1. The summed E-state index contributed by atoms with van der Waals surface area (Å²) in [5.41, 5.74) is 4.44. The fraction of sp³-hybridized carbons (Fsp3) is 0.429. The molecule has 3 fully saturated rings. The predicted molar refractivity (Wildman–Crippen MR) is 133 cm³/mol. The van der Waals surface area contributed by atoms with E-state index in [0.29, 0.717) is 47.9 Å². The van der Waals surface area contributed by atoms with Crippen LogP contribution in [0.15, 0.2) is 61.1 Å². The Morgan fingerprint density at radius 3 is 2.77 bits per heavy atom. The van der Waals surface area contributed by atoms with Crippen molar-refractivity contribution in [1.29, 1.82) is 0 Å². The highest BCUT2D eigenvalue weighted by Crippen LogP contribution is 2.73. The minimum Gasteiger partial charge on any atom is -0.350 e. The second-order valence-corrected chi connectivity index (χ2v) is 11.0. The van der Waals surface area contributed by atoms with Crippen molar-refractivity contribution in [3.63, 3.8) is 0 Å². The molecule has 2 amide bonds. The van der Waals surface area contributed by atoms with Crippen molar-refractivity contribution in [2.24, 2.45) is 22.7 Å². The second kappa shape index (κ2) is 8.04. The molecule has 4 atom stereocenters. The molecule has 2 bridgehead atoms. The Bertz CT molecular complexity index is 1330. The largest absolute Gasteiger partial charge is 0.350 e. The summed E-state index contributed by atoms with van der Waals surface area (Å²) < 4.78 is 1.71. The molecule has 6 rings (SSSR count). The Hall–Kier alpha value is -3.48. The summed E-state index contributed by atoms with van der Waals surface area (Å²) in [6, 6.07) is 9.26. The summed E-state index contributed by atoms with van der Waals surface area (Å²) in [7, 11) is 0. The lowest BCUT2D eigenvalue weighted by Crippen LogP contribution is -2.39. The van der Waals surface area contributed by atoms with Crippen LogP contribution in [-0.2, 0) is 6.42 Å². The zero-order chi connectivity index (χ0) is 24.2. The van der Waals surface area contributed by atoms with Crippen molar-refractivity contribution in [1.82, 2.24) is 25.0 Å². The SMILES string of the molecule is C=C1CC2(CNC(=O)c3cccc4nc(C(=O)NCCc5ccncc5)cn34)CC3CC3(C)C1C2. The molecule has 0 radical (unpaired) electrons. The first-order valence-electron chi connectivity index (χ1n) is 12.5. The minimum absolute atomic E-state index is 0.134. The van der Waals surface area contributed by atoms with Gasteiger partial charge in [0.1, 0.15) is 17.0 Å². The van der Waals surface area contributed by atoms with Crippen molar-refractivity contribution in [3.8, 4) is 0 Å². The Labute approximate surface area is 205 Å². The molecule has 0 spiro atoms. The minimum atomic E-state index is -0.252. The number of fused-ring (bicyclic) bond motifs is 5. The molecular formula is C28H31N5O2. The van der Waals surface area contributed by atoms with Crippen LogP contribution in [-0.4, -0.2) is 39.3 Å². The molecule has 7 nitrogen and oxygen atoms in total. The fourth-order valence-corrected chi connectivity index (χ4v) is 6.67. The van der Waals surface area contributed by atoms with Crippen LogP contribution in [0.3, 0.4) is 0 Å². The smallest absolute Gasteiger partial charge is 0.271 e. The lowest BCUT2D eigenvalue weighted by atomic mass is 9.71. The van der Waals surface area contributed by atoms with Crippen LogP contribution in [0.25, 0.3) is 5.65 Å². The van der Waals surface area contributed by atoms with Gasteiger partial charge in [0.05, 0.1) is 0 Å². The Kier molecular flexibility index (Phi) is 5.06. The van der Waals surface area contributed by atoms with Gasteiger partial charge < -0.3 is 10.6 Å². The highest BCUT2D eigenvalue weighted by Gasteiger charge is 2.65. The van der Waals surface area contributed by atoms with Crippen LogP contribution < -0.4 is 10.6 Å². The molecule has 3 aromatic heterocycles. The molecule has 3 heterocycles. The van der Waals surface area contributed by atoms with Crippen LogP contribution in [0.1, 0.15) is 59.1 Å². The molecule has 7 heteroatoms. The highest BCUT2D eigenvalue weighted by molar-refractivity contribution is 5.95. The summed E-state index contributed by atoms with van der Waals surface area (Å²) in [6.07, 6.45) is 10.5. The number of nitrogens with one attached hydrogen (secondary N) is 2. The van der Waals surface area contributed by atoms with Gasteiger partial charge in [-0.3, -0.25) is 19.0 Å². The van der Waals surface area contributed by atoms with Gasteiger partial charge in [-0.15, -0.1) is 0 Å². The summed E-state index contributed by atoms with van der Waals surface area (Å²) in [5.74, 6) is 0.993. The number of carbonyl (C=O) groups is 2. The molecule has 3 aromatic rings. The zero-order valence-corrected chi connectivity index (χ0v) is 20.1. The molecule has 180 valence electrons. The molecule has 3 saturated carbocycles. The van der Waals surface area contributed by atoms with E-state index in [0.717, 1.165) is 24.3 Å². The van der Waals surface area contributed by atoms with Crippen molar-refractivity contribution in [2.75, 3.05) is 13.1 Å². The summed E-state index contributed by atoms with van der Waals surface area (Å²) >= 11 is 0. The standard InChI is InChI=1S/C28H31N5O2/c1-18-12-28(14-20-13-27(20,2)21(18)15-28)17-31-26(35)23-4-3-5-24-32-22(16-33(23)24)25(34)30-11-8-19-6-9-29-10-7-19/h3-7,9-10,16,20-21H,1,8,11-15,17H2,2H3,(H,30,34)(H,31,35). The van der Waals surface area contributed by atoms with E-state index in [1.807, 2.05) is 24.3 Å². The van der Waals surface area contributed by atoms with Gasteiger partial charge in [0, 0.05) is 31.7 Å². The fourth-order valence-electron chi connectivity index (χ4n) is 6.67. The number of carbonyl (C=O) groups excluding carboxylic acids is 2. The molecule has 35 heavy (non-hydrogen) atoms. The molecule has 2 N–H and O–H groups in total. The van der Waals surface area contributed by atoms with Gasteiger partial charge in [-0.2, -0.15) is 0 Å². The van der Waals surface area contributed by atoms with Gasteiger partial charge in [-0.25, -0.2) is 4.98 Å². The number of amides is 2. The van der Waals surface area contributed by atoms with Gasteiger partial charge in [-0.05, 0) is 84.6 Å². The number of hydrogen-bond acceptors (Lipinski definition) is 4. The van der Waals surface area contributed by atoms with E-state index in [-0.39, 0.29) is 17.2 Å². The molecule has 3 aliphatic carbocycles. The number of pyridine rings is 2. The average molecular weight is 470 g/mol. The van der Waals surface area contributed by atoms with E-state index in [2.05, 4.69) is 34.1 Å². The van der Waals surface area contributed by atoms with Gasteiger partial charge in [0.15, 0.2) is 0 Å². The summed E-state index contributed by atoms with van der Waals surface area (Å²) in [4.78, 5) is 34.4. The zero-order valence-electron chi connectivity index (χ0n) is 20.1. The number of nitrogens with zero attached hydrogens (tertiary/aromatic N) is 3. The molecule has 0 aromatic carbocycles. The maximum Gasteiger partial charge on any atom is 0.271 e. The number of aromatic nitrogens is 3. The van der Waals surface area contributed by atoms with Crippen molar-refractivity contribution in [3.05, 3.63) is 78.0 Å². The first kappa shape index (κ1) is 22.0. The normalized spacial score (nSPS) is 28.5. The topological polar surface area (TPSA) is 88.4 Å². The van der Waals surface area contributed by atoms with E-state index in [1.165, 1.54) is 18.4 Å². The van der Waals surface area contributed by atoms with E-state index in [9.17, 15) is 9.59 Å². The van der Waals surface area contributed by atoms with Crippen LogP contribution in [0.2, 0.25) is 0 Å². The average Bonchev–Trinajstić information content (AvgIpc) is 3.19. The van der Waals surface area contributed by atoms with E-state index in [1.54, 1.807) is 29.1 Å². The van der Waals surface area contributed by atoms with E-state index >= 15 is 0 Å². The number of imidazole rings is 1. The van der Waals surface area contributed by atoms with Gasteiger partial charge in [0.2, 0.25) is 0 Å². The molecule has 3 aliphatic rings. The lowest BCUT2D eigenvalue weighted by Gasteiger charge is -2.35. The first-order chi connectivity index (χ1) is 16.9. The number of rotatable bonds is 7. The maximum atomic E-state index is 13.2. The predicted octanol–water partition coefficient (Wildman–Crippen LogP) is 3.81. The number of hydrogen-bond donors (Lipinski definition) is 2.